The van der Waals surface area contributed by atoms with Gasteiger partial charge in [-0.25, -0.2) is 0 Å². The Labute approximate surface area is 75.5 Å². The highest BCUT2D eigenvalue weighted by molar-refractivity contribution is 9.09. The number of likely N-dealkylation sites (N-methyl/N-ethyl adjacent to an activating group) is 1. The summed E-state index contributed by atoms with van der Waals surface area (Å²) in [5.74, 6) is 0.0958. The Morgan fingerprint density at radius 3 is 2.64 bits per heavy atom. The van der Waals surface area contributed by atoms with Crippen molar-refractivity contribution in [2.45, 2.75) is 13.3 Å². The smallest absolute Gasteiger partial charge is 0.223 e. The van der Waals surface area contributed by atoms with Crippen molar-refractivity contribution < 1.29 is 9.90 Å². The normalized spacial score (nSPS) is 9.73. The molecule has 0 spiro atoms. The zero-order valence-corrected chi connectivity index (χ0v) is 8.30. The van der Waals surface area contributed by atoms with E-state index >= 15 is 0 Å². The molecule has 0 rings (SSSR count). The number of rotatable bonds is 5. The van der Waals surface area contributed by atoms with Gasteiger partial charge >= 0.3 is 0 Å². The van der Waals surface area contributed by atoms with Crippen LogP contribution in [0.25, 0.3) is 0 Å². The fourth-order valence-electron chi connectivity index (χ4n) is 0.819. The Morgan fingerprint density at radius 1 is 1.64 bits per heavy atom. The summed E-state index contributed by atoms with van der Waals surface area (Å²) in [5.41, 5.74) is 0. The van der Waals surface area contributed by atoms with Crippen molar-refractivity contribution >= 4 is 21.8 Å². The Balaban J connectivity index is 3.71. The maximum absolute atomic E-state index is 11.1. The third kappa shape index (κ3) is 4.37. The molecule has 0 fully saturated rings. The van der Waals surface area contributed by atoms with Gasteiger partial charge in [0.1, 0.15) is 0 Å². The van der Waals surface area contributed by atoms with Gasteiger partial charge < -0.3 is 10.0 Å². The van der Waals surface area contributed by atoms with Crippen molar-refractivity contribution in [3.63, 3.8) is 0 Å². The lowest BCUT2D eigenvalue weighted by Gasteiger charge is -2.18. The molecule has 1 amide bonds. The molecule has 0 saturated carbocycles. The number of nitrogens with zero attached hydrogens (tertiary/aromatic N) is 1. The summed E-state index contributed by atoms with van der Waals surface area (Å²) in [6.07, 6.45) is 0.508. The van der Waals surface area contributed by atoms with E-state index in [1.165, 1.54) is 0 Å². The lowest BCUT2D eigenvalue weighted by Crippen LogP contribution is -2.33. The van der Waals surface area contributed by atoms with Gasteiger partial charge in [-0.2, -0.15) is 0 Å². The Kier molecular flexibility index (Phi) is 6.56. The molecule has 0 aromatic carbocycles. The molecule has 0 aliphatic carbocycles. The molecule has 66 valence electrons. The van der Waals surface area contributed by atoms with E-state index in [-0.39, 0.29) is 12.5 Å². The molecule has 3 nitrogen and oxygen atoms in total. The van der Waals surface area contributed by atoms with Crippen LogP contribution in [0.2, 0.25) is 0 Å². The highest BCUT2D eigenvalue weighted by Gasteiger charge is 2.08. The number of aliphatic hydroxyl groups is 1. The number of aliphatic hydroxyl groups excluding tert-OH is 1. The highest BCUT2D eigenvalue weighted by Crippen LogP contribution is 1.96. The highest BCUT2D eigenvalue weighted by atomic mass is 79.9. The van der Waals surface area contributed by atoms with E-state index in [2.05, 4.69) is 15.9 Å². The molecule has 0 aromatic rings. The first-order valence-electron chi connectivity index (χ1n) is 3.70. The largest absolute Gasteiger partial charge is 0.395 e. The monoisotopic (exact) mass is 223 g/mol. The zero-order chi connectivity index (χ0) is 8.69. The van der Waals surface area contributed by atoms with E-state index in [1.807, 2.05) is 6.92 Å². The second-order valence-corrected chi connectivity index (χ2v) is 2.93. The van der Waals surface area contributed by atoms with Gasteiger partial charge in [-0.05, 0) is 6.92 Å². The summed E-state index contributed by atoms with van der Waals surface area (Å²) >= 11 is 3.19. The van der Waals surface area contributed by atoms with Crippen molar-refractivity contribution in [2.75, 3.05) is 25.0 Å². The van der Waals surface area contributed by atoms with Gasteiger partial charge in [-0.15, -0.1) is 0 Å². The molecule has 4 heteroatoms. The van der Waals surface area contributed by atoms with Crippen molar-refractivity contribution in [2.24, 2.45) is 0 Å². The SMILES string of the molecule is CCN(CCO)C(=O)CCBr. The summed E-state index contributed by atoms with van der Waals surface area (Å²) in [6, 6.07) is 0. The van der Waals surface area contributed by atoms with Gasteiger partial charge in [0.15, 0.2) is 0 Å². The van der Waals surface area contributed by atoms with E-state index in [0.29, 0.717) is 24.8 Å². The van der Waals surface area contributed by atoms with Gasteiger partial charge in [0, 0.05) is 24.8 Å². The number of alkyl halides is 1. The first-order chi connectivity index (χ1) is 5.26. The predicted molar refractivity (Wildman–Crippen MR) is 47.8 cm³/mol. The average molecular weight is 224 g/mol. The van der Waals surface area contributed by atoms with Crippen LogP contribution in [0.5, 0.6) is 0 Å². The van der Waals surface area contributed by atoms with Crippen LogP contribution >= 0.6 is 15.9 Å². The van der Waals surface area contributed by atoms with Crippen LogP contribution in [0.4, 0.5) is 0 Å². The molecule has 0 radical (unpaired) electrons. The molecule has 0 aromatic heterocycles. The molecule has 0 atom stereocenters. The van der Waals surface area contributed by atoms with E-state index in [4.69, 9.17) is 5.11 Å². The molecule has 0 bridgehead atoms. The topological polar surface area (TPSA) is 40.5 Å². The zero-order valence-electron chi connectivity index (χ0n) is 6.72. The van der Waals surface area contributed by atoms with Crippen molar-refractivity contribution in [1.82, 2.24) is 4.90 Å². The quantitative estimate of drug-likeness (QED) is 0.695. The first kappa shape index (κ1) is 10.9. The fraction of sp³-hybridized carbons (Fsp3) is 0.857. The summed E-state index contributed by atoms with van der Waals surface area (Å²) < 4.78 is 0. The molecule has 0 heterocycles. The number of carbonyl (C=O) groups is 1. The second-order valence-electron chi connectivity index (χ2n) is 2.14. The van der Waals surface area contributed by atoms with E-state index in [9.17, 15) is 4.79 Å². The number of halogens is 1. The van der Waals surface area contributed by atoms with Crippen LogP contribution in [0, 0.1) is 0 Å². The van der Waals surface area contributed by atoms with Gasteiger partial charge in [0.05, 0.1) is 6.61 Å². The van der Waals surface area contributed by atoms with Gasteiger partial charge in [-0.3, -0.25) is 4.79 Å². The van der Waals surface area contributed by atoms with Crippen LogP contribution in [-0.2, 0) is 4.79 Å². The van der Waals surface area contributed by atoms with Crippen LogP contribution < -0.4 is 0 Å². The van der Waals surface area contributed by atoms with Crippen LogP contribution in [0.1, 0.15) is 13.3 Å². The molecule has 11 heavy (non-hydrogen) atoms. The second kappa shape index (κ2) is 6.61. The lowest BCUT2D eigenvalue weighted by molar-refractivity contribution is -0.131. The maximum atomic E-state index is 11.1. The number of hydrogen-bond donors (Lipinski definition) is 1. The molecule has 0 unspecified atom stereocenters. The van der Waals surface area contributed by atoms with Crippen molar-refractivity contribution in [3.8, 4) is 0 Å². The van der Waals surface area contributed by atoms with Gasteiger partial charge in [0.25, 0.3) is 0 Å². The Hall–Kier alpha value is -0.0900. The van der Waals surface area contributed by atoms with Crippen LogP contribution in [0.15, 0.2) is 0 Å². The first-order valence-corrected chi connectivity index (χ1v) is 4.83. The standard InChI is InChI=1S/C7H14BrNO2/c1-2-9(5-6-10)7(11)3-4-8/h10H,2-6H2,1H3. The summed E-state index contributed by atoms with van der Waals surface area (Å²) in [6.45, 7) is 3.07. The molecular weight excluding hydrogens is 210 g/mol. The minimum absolute atomic E-state index is 0.0435. The van der Waals surface area contributed by atoms with E-state index in [1.54, 1.807) is 4.90 Å². The minimum Gasteiger partial charge on any atom is -0.395 e. The molecule has 0 saturated heterocycles. The lowest BCUT2D eigenvalue weighted by atomic mass is 10.4. The molecule has 1 N–H and O–H groups in total. The van der Waals surface area contributed by atoms with E-state index in [0.717, 1.165) is 0 Å². The van der Waals surface area contributed by atoms with Gasteiger partial charge in [0.2, 0.25) is 5.91 Å². The molecule has 0 aliphatic rings. The third-order valence-corrected chi connectivity index (χ3v) is 1.81. The number of hydrogen-bond acceptors (Lipinski definition) is 2. The Morgan fingerprint density at radius 2 is 2.27 bits per heavy atom. The summed E-state index contributed by atoms with van der Waals surface area (Å²) in [5, 5.41) is 9.27. The summed E-state index contributed by atoms with van der Waals surface area (Å²) in [7, 11) is 0. The number of carbonyl (C=O) groups excluding carboxylic acids is 1. The van der Waals surface area contributed by atoms with E-state index < -0.39 is 0 Å². The van der Waals surface area contributed by atoms with Crippen molar-refractivity contribution in [3.05, 3.63) is 0 Å². The predicted octanol–water partition coefficient (Wildman–Crippen LogP) is 0.612. The van der Waals surface area contributed by atoms with Gasteiger partial charge in [-0.1, -0.05) is 15.9 Å². The molecule has 0 aliphatic heterocycles. The van der Waals surface area contributed by atoms with Crippen molar-refractivity contribution in [1.29, 1.82) is 0 Å². The fourth-order valence-corrected chi connectivity index (χ4v) is 1.16. The van der Waals surface area contributed by atoms with Crippen LogP contribution in [0.3, 0.4) is 0 Å². The van der Waals surface area contributed by atoms with Crippen LogP contribution in [-0.4, -0.2) is 40.9 Å². The average Bonchev–Trinajstić information content (AvgIpc) is 2.00. The summed E-state index contributed by atoms with van der Waals surface area (Å²) in [4.78, 5) is 12.8. The third-order valence-electron chi connectivity index (χ3n) is 1.41. The maximum Gasteiger partial charge on any atom is 0.223 e. The minimum atomic E-state index is 0.0435. The molecular formula is C7H14BrNO2. The number of amides is 1. The Bertz CT molecular complexity index is 119.